The second-order valence-electron chi connectivity index (χ2n) is 1.63. The fourth-order valence-electron chi connectivity index (χ4n) is 0.503. The van der Waals surface area contributed by atoms with Gasteiger partial charge in [-0.1, -0.05) is 0 Å². The molecule has 0 aliphatic carbocycles. The van der Waals surface area contributed by atoms with Crippen molar-refractivity contribution in [2.75, 3.05) is 12.0 Å². The van der Waals surface area contributed by atoms with Crippen LogP contribution in [0, 0.1) is 6.92 Å². The van der Waals surface area contributed by atoms with Crippen molar-refractivity contribution < 1.29 is 5.11 Å². The molecule has 9 heavy (non-hydrogen) atoms. The van der Waals surface area contributed by atoms with E-state index in [9.17, 15) is 0 Å². The summed E-state index contributed by atoms with van der Waals surface area (Å²) in [5, 5.41) is 13.8. The Morgan fingerprint density at radius 2 is 2.67 bits per heavy atom. The number of anilines is 1. The maximum Gasteiger partial charge on any atom is 0.184 e. The van der Waals surface area contributed by atoms with Crippen molar-refractivity contribution in [2.45, 2.75) is 6.92 Å². The smallest absolute Gasteiger partial charge is 0.184 e. The third-order valence-electron chi connectivity index (χ3n) is 0.849. The van der Waals surface area contributed by atoms with Gasteiger partial charge in [-0.2, -0.15) is 0 Å². The van der Waals surface area contributed by atoms with E-state index < -0.39 is 0 Å². The van der Waals surface area contributed by atoms with E-state index in [1.54, 1.807) is 0 Å². The van der Waals surface area contributed by atoms with Crippen LogP contribution < -0.4 is 5.32 Å². The molecule has 4 heteroatoms. The van der Waals surface area contributed by atoms with E-state index >= 15 is 0 Å². The summed E-state index contributed by atoms with van der Waals surface area (Å²) in [6, 6.07) is 0. The lowest BCUT2D eigenvalue weighted by molar-refractivity contribution is 0.325. The lowest BCUT2D eigenvalue weighted by atomic mass is 10.6. The number of rotatable bonds is 2. The zero-order valence-electron chi connectivity index (χ0n) is 5.09. The third-order valence-corrected chi connectivity index (χ3v) is 1.77. The second kappa shape index (κ2) is 2.80. The van der Waals surface area contributed by atoms with Crippen molar-refractivity contribution >= 4 is 16.5 Å². The fourth-order valence-corrected chi connectivity index (χ4v) is 1.18. The minimum absolute atomic E-state index is 0.0487. The molecule has 3 nitrogen and oxygen atoms in total. The number of aryl methyl sites for hydroxylation is 1. The van der Waals surface area contributed by atoms with E-state index in [1.165, 1.54) is 11.3 Å². The van der Waals surface area contributed by atoms with Crippen molar-refractivity contribution in [3.05, 3.63) is 11.1 Å². The molecular formula is C5H8N2OS. The maximum atomic E-state index is 8.38. The molecule has 0 unspecified atom stereocenters. The minimum Gasteiger partial charge on any atom is -0.377 e. The highest BCUT2D eigenvalue weighted by Crippen LogP contribution is 2.12. The van der Waals surface area contributed by atoms with Crippen LogP contribution in [0.25, 0.3) is 0 Å². The van der Waals surface area contributed by atoms with Crippen LogP contribution in [-0.4, -0.2) is 16.8 Å². The van der Waals surface area contributed by atoms with Gasteiger partial charge in [-0.05, 0) is 6.92 Å². The van der Waals surface area contributed by atoms with Crippen molar-refractivity contribution in [3.8, 4) is 0 Å². The van der Waals surface area contributed by atoms with Crippen LogP contribution in [0.1, 0.15) is 5.69 Å². The van der Waals surface area contributed by atoms with Gasteiger partial charge in [-0.25, -0.2) is 4.98 Å². The maximum absolute atomic E-state index is 8.38. The summed E-state index contributed by atoms with van der Waals surface area (Å²) in [5.74, 6) is 0. The Morgan fingerprint density at radius 1 is 1.89 bits per heavy atom. The molecule has 0 saturated heterocycles. The van der Waals surface area contributed by atoms with Crippen LogP contribution in [0.4, 0.5) is 5.13 Å². The van der Waals surface area contributed by atoms with Crippen molar-refractivity contribution in [1.29, 1.82) is 0 Å². The van der Waals surface area contributed by atoms with Gasteiger partial charge < -0.3 is 10.4 Å². The second-order valence-corrected chi connectivity index (χ2v) is 2.49. The van der Waals surface area contributed by atoms with Crippen LogP contribution in [0.2, 0.25) is 0 Å². The zero-order valence-corrected chi connectivity index (χ0v) is 5.90. The highest BCUT2D eigenvalue weighted by atomic mass is 32.1. The predicted molar refractivity (Wildman–Crippen MR) is 37.6 cm³/mol. The van der Waals surface area contributed by atoms with Crippen molar-refractivity contribution in [3.63, 3.8) is 0 Å². The molecule has 1 heterocycles. The molecule has 1 aromatic rings. The number of nitrogens with one attached hydrogen (secondary N) is 1. The number of nitrogens with zero attached hydrogens (tertiary/aromatic N) is 1. The number of thiazole rings is 1. The van der Waals surface area contributed by atoms with Crippen LogP contribution in [0.5, 0.6) is 0 Å². The third kappa shape index (κ3) is 1.65. The lowest BCUT2D eigenvalue weighted by Crippen LogP contribution is -1.97. The standard InChI is InChI=1S/C5H8N2OS/c1-4-2-9-5(7-4)6-3-8/h2,8H,3H2,1H3,(H,6,7). The average Bonchev–Trinajstić information content (AvgIpc) is 2.17. The normalized spacial score (nSPS) is 9.56. The average molecular weight is 144 g/mol. The van der Waals surface area contributed by atoms with Crippen molar-refractivity contribution in [1.82, 2.24) is 4.98 Å². The van der Waals surface area contributed by atoms with Crippen LogP contribution in [0.15, 0.2) is 5.38 Å². The first-order valence-electron chi connectivity index (χ1n) is 2.60. The Labute approximate surface area is 57.4 Å². The molecule has 0 spiro atoms. The highest BCUT2D eigenvalue weighted by molar-refractivity contribution is 7.13. The first kappa shape index (κ1) is 6.51. The van der Waals surface area contributed by atoms with Crippen LogP contribution in [-0.2, 0) is 0 Å². The summed E-state index contributed by atoms with van der Waals surface area (Å²) in [6.45, 7) is 1.87. The van der Waals surface area contributed by atoms with Gasteiger partial charge in [0.05, 0.1) is 5.69 Å². The number of aromatic nitrogens is 1. The van der Waals surface area contributed by atoms with E-state index in [0.717, 1.165) is 10.8 Å². The molecule has 2 N–H and O–H groups in total. The molecule has 0 bridgehead atoms. The van der Waals surface area contributed by atoms with Gasteiger partial charge in [0, 0.05) is 5.38 Å². The molecule has 1 aromatic heterocycles. The van der Waals surface area contributed by atoms with E-state index in [2.05, 4.69) is 10.3 Å². The fraction of sp³-hybridized carbons (Fsp3) is 0.400. The molecule has 0 atom stereocenters. The topological polar surface area (TPSA) is 45.1 Å². The van der Waals surface area contributed by atoms with E-state index in [-0.39, 0.29) is 6.73 Å². The summed E-state index contributed by atoms with van der Waals surface area (Å²) in [6.07, 6.45) is 0. The Morgan fingerprint density at radius 3 is 3.11 bits per heavy atom. The first-order chi connectivity index (χ1) is 4.33. The van der Waals surface area contributed by atoms with Crippen molar-refractivity contribution in [2.24, 2.45) is 0 Å². The van der Waals surface area contributed by atoms with Gasteiger partial charge in [0.1, 0.15) is 6.73 Å². The number of hydrogen-bond acceptors (Lipinski definition) is 4. The Bertz CT molecular complexity index is 187. The summed E-state index contributed by atoms with van der Waals surface area (Å²) in [7, 11) is 0. The van der Waals surface area contributed by atoms with Gasteiger partial charge in [-0.3, -0.25) is 0 Å². The molecule has 0 radical (unpaired) electrons. The summed E-state index contributed by atoms with van der Waals surface area (Å²) >= 11 is 1.49. The van der Waals surface area contributed by atoms with Gasteiger partial charge in [0.15, 0.2) is 5.13 Å². The van der Waals surface area contributed by atoms with E-state index in [1.807, 2.05) is 12.3 Å². The molecule has 0 aliphatic heterocycles. The monoisotopic (exact) mass is 144 g/mol. The number of aliphatic hydroxyl groups is 1. The number of aliphatic hydroxyl groups excluding tert-OH is 1. The quantitative estimate of drug-likeness (QED) is 0.604. The number of hydrogen-bond donors (Lipinski definition) is 2. The molecule has 0 aromatic carbocycles. The zero-order chi connectivity index (χ0) is 6.69. The SMILES string of the molecule is Cc1csc(NCO)n1. The molecule has 0 amide bonds. The van der Waals surface area contributed by atoms with Gasteiger partial charge in [0.2, 0.25) is 0 Å². The summed E-state index contributed by atoms with van der Waals surface area (Å²) < 4.78 is 0. The predicted octanol–water partition coefficient (Wildman–Crippen LogP) is 0.813. The van der Waals surface area contributed by atoms with Gasteiger partial charge >= 0.3 is 0 Å². The van der Waals surface area contributed by atoms with E-state index in [0.29, 0.717) is 0 Å². The molecule has 0 saturated carbocycles. The highest BCUT2D eigenvalue weighted by Gasteiger charge is 1.92. The Balaban J connectivity index is 2.61. The van der Waals surface area contributed by atoms with Crippen LogP contribution in [0.3, 0.4) is 0 Å². The van der Waals surface area contributed by atoms with E-state index in [4.69, 9.17) is 5.11 Å². The lowest BCUT2D eigenvalue weighted by Gasteiger charge is -1.91. The van der Waals surface area contributed by atoms with Gasteiger partial charge in [-0.15, -0.1) is 11.3 Å². The largest absolute Gasteiger partial charge is 0.377 e. The van der Waals surface area contributed by atoms with Gasteiger partial charge in [0.25, 0.3) is 0 Å². The minimum atomic E-state index is -0.0487. The first-order valence-corrected chi connectivity index (χ1v) is 3.48. The molecule has 0 aliphatic rings. The molecule has 0 fully saturated rings. The molecule has 1 rings (SSSR count). The molecule has 50 valence electrons. The Kier molecular flexibility index (Phi) is 2.02. The van der Waals surface area contributed by atoms with Crippen LogP contribution >= 0.6 is 11.3 Å². The Hall–Kier alpha value is -0.610. The molecular weight excluding hydrogens is 136 g/mol. The summed E-state index contributed by atoms with van der Waals surface area (Å²) in [4.78, 5) is 4.05. The summed E-state index contributed by atoms with van der Waals surface area (Å²) in [5.41, 5.74) is 0.982.